The minimum absolute atomic E-state index is 0.164. The highest BCUT2D eigenvalue weighted by atomic mass is 35.5. The molecule has 0 aliphatic carbocycles. The minimum atomic E-state index is -0.719. The summed E-state index contributed by atoms with van der Waals surface area (Å²) < 4.78 is 19.7. The van der Waals surface area contributed by atoms with E-state index in [1.807, 2.05) is 0 Å². The van der Waals surface area contributed by atoms with E-state index in [9.17, 15) is 9.59 Å². The molecule has 0 spiro atoms. The second-order valence-corrected chi connectivity index (χ2v) is 5.05. The molecule has 0 aliphatic rings. The van der Waals surface area contributed by atoms with Crippen LogP contribution in [0.15, 0.2) is 28.8 Å². The minimum Gasteiger partial charge on any atom is -0.495 e. The maximum atomic E-state index is 11.8. The lowest BCUT2D eigenvalue weighted by Crippen LogP contribution is -2.23. The second kappa shape index (κ2) is 8.21. The van der Waals surface area contributed by atoms with Crippen LogP contribution in [0, 0.1) is 6.92 Å². The molecule has 0 fully saturated rings. The van der Waals surface area contributed by atoms with Crippen LogP contribution in [-0.2, 0) is 14.3 Å². The predicted molar refractivity (Wildman–Crippen MR) is 84.3 cm³/mol. The molecule has 0 atom stereocenters. The van der Waals surface area contributed by atoms with E-state index in [0.717, 1.165) is 0 Å². The number of esters is 1. The molecule has 1 N–H and O–H groups in total. The van der Waals surface area contributed by atoms with Crippen molar-refractivity contribution in [3.05, 3.63) is 35.0 Å². The highest BCUT2D eigenvalue weighted by molar-refractivity contribution is 6.31. The lowest BCUT2D eigenvalue weighted by molar-refractivity contribution is -0.149. The zero-order valence-corrected chi connectivity index (χ0v) is 13.8. The summed E-state index contributed by atoms with van der Waals surface area (Å²) in [6, 6.07) is 6.28. The Hall–Kier alpha value is -2.74. The molecule has 24 heavy (non-hydrogen) atoms. The first-order chi connectivity index (χ1) is 11.5. The van der Waals surface area contributed by atoms with Gasteiger partial charge in [-0.3, -0.25) is 4.79 Å². The number of methoxy groups -OCH3 is 1. The van der Waals surface area contributed by atoms with Crippen LogP contribution >= 0.6 is 11.6 Å². The Morgan fingerprint density at radius 1 is 1.29 bits per heavy atom. The van der Waals surface area contributed by atoms with Gasteiger partial charge >= 0.3 is 5.97 Å². The van der Waals surface area contributed by atoms with Crippen LogP contribution in [0.4, 0.5) is 5.69 Å². The van der Waals surface area contributed by atoms with E-state index in [4.69, 9.17) is 30.3 Å². The van der Waals surface area contributed by atoms with E-state index in [2.05, 4.69) is 10.5 Å². The van der Waals surface area contributed by atoms with Gasteiger partial charge in [0.25, 0.3) is 11.8 Å². The Morgan fingerprint density at radius 2 is 2.08 bits per heavy atom. The van der Waals surface area contributed by atoms with Gasteiger partial charge in [-0.2, -0.15) is 0 Å². The highest BCUT2D eigenvalue weighted by Crippen LogP contribution is 2.27. The number of carbonyl (C=O) groups is 2. The standard InChI is InChI=1S/C15H15ClN2O6/c1-9-5-14(18-24-9)22-8-15(20)23-7-13(19)17-11-6-10(16)3-4-12(11)21-2/h3-6H,7-8H2,1-2H3,(H,17,19). The molecule has 1 aromatic carbocycles. The fourth-order valence-corrected chi connectivity index (χ4v) is 1.87. The third kappa shape index (κ3) is 5.17. The molecule has 2 aromatic rings. The Balaban J connectivity index is 1.78. The molecule has 0 saturated heterocycles. The molecule has 2 rings (SSSR count). The van der Waals surface area contributed by atoms with Crippen molar-refractivity contribution in [2.24, 2.45) is 0 Å². The first-order valence-electron chi connectivity index (χ1n) is 6.83. The van der Waals surface area contributed by atoms with Crippen molar-refractivity contribution in [2.75, 3.05) is 25.6 Å². The Morgan fingerprint density at radius 3 is 2.75 bits per heavy atom. The van der Waals surface area contributed by atoms with Gasteiger partial charge in [-0.05, 0) is 30.3 Å². The molecule has 0 bridgehead atoms. The summed E-state index contributed by atoms with van der Waals surface area (Å²) in [6.45, 7) is 0.822. The van der Waals surface area contributed by atoms with Gasteiger partial charge in [-0.25, -0.2) is 4.79 Å². The quantitative estimate of drug-likeness (QED) is 0.761. The van der Waals surface area contributed by atoms with Gasteiger partial charge in [0, 0.05) is 11.1 Å². The number of hydrogen-bond acceptors (Lipinski definition) is 7. The van der Waals surface area contributed by atoms with Crippen molar-refractivity contribution >= 4 is 29.2 Å². The van der Waals surface area contributed by atoms with Crippen molar-refractivity contribution in [2.45, 2.75) is 6.92 Å². The molecule has 0 aliphatic heterocycles. The number of rotatable bonds is 7. The van der Waals surface area contributed by atoms with Gasteiger partial charge in [-0.1, -0.05) is 11.6 Å². The van der Waals surface area contributed by atoms with Gasteiger partial charge in [0.1, 0.15) is 11.5 Å². The van der Waals surface area contributed by atoms with Gasteiger partial charge in [0.2, 0.25) is 0 Å². The number of halogens is 1. The zero-order valence-electron chi connectivity index (χ0n) is 13.0. The molecule has 9 heteroatoms. The van der Waals surface area contributed by atoms with Crippen LogP contribution in [0.25, 0.3) is 0 Å². The highest BCUT2D eigenvalue weighted by Gasteiger charge is 2.12. The number of aryl methyl sites for hydroxylation is 1. The number of amides is 1. The number of anilines is 1. The van der Waals surface area contributed by atoms with Gasteiger partial charge in [0.15, 0.2) is 13.2 Å². The van der Waals surface area contributed by atoms with E-state index < -0.39 is 18.5 Å². The molecule has 1 aromatic heterocycles. The first kappa shape index (κ1) is 17.6. The first-order valence-corrected chi connectivity index (χ1v) is 7.21. The van der Waals surface area contributed by atoms with Crippen LogP contribution in [0.3, 0.4) is 0 Å². The number of ether oxygens (including phenoxy) is 3. The molecule has 1 heterocycles. The lowest BCUT2D eigenvalue weighted by atomic mass is 10.3. The summed E-state index contributed by atoms with van der Waals surface area (Å²) in [5.41, 5.74) is 0.375. The predicted octanol–water partition coefficient (Wildman–Crippen LogP) is 2.21. The fraction of sp³-hybridized carbons (Fsp3) is 0.267. The maximum Gasteiger partial charge on any atom is 0.344 e. The number of benzene rings is 1. The van der Waals surface area contributed by atoms with E-state index >= 15 is 0 Å². The molecule has 1 amide bonds. The number of nitrogens with zero attached hydrogens (tertiary/aromatic N) is 1. The summed E-state index contributed by atoms with van der Waals surface area (Å²) in [5, 5.41) is 6.53. The summed E-state index contributed by atoms with van der Waals surface area (Å²) in [6.07, 6.45) is 0. The largest absolute Gasteiger partial charge is 0.495 e. The van der Waals surface area contributed by atoms with Crippen LogP contribution in [0.5, 0.6) is 11.6 Å². The number of aromatic nitrogens is 1. The van der Waals surface area contributed by atoms with Crippen molar-refractivity contribution in [1.29, 1.82) is 0 Å². The Labute approximate surface area is 142 Å². The monoisotopic (exact) mass is 354 g/mol. The van der Waals surface area contributed by atoms with E-state index in [0.29, 0.717) is 22.2 Å². The molecular weight excluding hydrogens is 340 g/mol. The Kier molecular flexibility index (Phi) is 6.02. The topological polar surface area (TPSA) is 99.9 Å². The normalized spacial score (nSPS) is 10.1. The third-order valence-corrected chi connectivity index (χ3v) is 2.98. The van der Waals surface area contributed by atoms with Crippen molar-refractivity contribution in [3.8, 4) is 11.6 Å². The van der Waals surface area contributed by atoms with Crippen LogP contribution < -0.4 is 14.8 Å². The van der Waals surface area contributed by atoms with Crippen molar-refractivity contribution in [3.63, 3.8) is 0 Å². The summed E-state index contributed by atoms with van der Waals surface area (Å²) in [5.74, 6) is -0.111. The smallest absolute Gasteiger partial charge is 0.344 e. The number of hydrogen-bond donors (Lipinski definition) is 1. The van der Waals surface area contributed by atoms with E-state index in [-0.39, 0.29) is 12.5 Å². The second-order valence-electron chi connectivity index (χ2n) is 4.62. The molecule has 0 unspecified atom stereocenters. The van der Waals surface area contributed by atoms with E-state index in [1.54, 1.807) is 19.1 Å². The Bertz CT molecular complexity index is 731. The molecule has 8 nitrogen and oxygen atoms in total. The maximum absolute atomic E-state index is 11.8. The van der Waals surface area contributed by atoms with Crippen LogP contribution in [0.2, 0.25) is 5.02 Å². The third-order valence-electron chi connectivity index (χ3n) is 2.74. The molecule has 0 saturated carbocycles. The van der Waals surface area contributed by atoms with Crippen LogP contribution in [-0.4, -0.2) is 37.4 Å². The molecule has 128 valence electrons. The summed E-state index contributed by atoms with van der Waals surface area (Å²) in [7, 11) is 1.46. The zero-order chi connectivity index (χ0) is 17.5. The molecular formula is C15H15ClN2O6. The fourth-order valence-electron chi connectivity index (χ4n) is 1.70. The summed E-state index contributed by atoms with van der Waals surface area (Å²) in [4.78, 5) is 23.3. The average Bonchev–Trinajstić information content (AvgIpc) is 2.97. The lowest BCUT2D eigenvalue weighted by Gasteiger charge is -2.10. The van der Waals surface area contributed by atoms with Crippen molar-refractivity contribution < 1.29 is 28.3 Å². The van der Waals surface area contributed by atoms with Gasteiger partial charge < -0.3 is 24.1 Å². The number of nitrogens with one attached hydrogen (secondary N) is 1. The van der Waals surface area contributed by atoms with E-state index in [1.165, 1.54) is 19.2 Å². The van der Waals surface area contributed by atoms with Gasteiger partial charge in [0.05, 0.1) is 12.8 Å². The number of carbonyl (C=O) groups excluding carboxylic acids is 2. The summed E-state index contributed by atoms with van der Waals surface area (Å²) >= 11 is 5.86. The molecule has 0 radical (unpaired) electrons. The van der Waals surface area contributed by atoms with Crippen molar-refractivity contribution in [1.82, 2.24) is 5.16 Å². The van der Waals surface area contributed by atoms with Gasteiger partial charge in [-0.15, -0.1) is 0 Å². The average molecular weight is 355 g/mol. The SMILES string of the molecule is COc1ccc(Cl)cc1NC(=O)COC(=O)COc1cc(C)on1. The van der Waals surface area contributed by atoms with Crippen LogP contribution in [0.1, 0.15) is 5.76 Å².